The van der Waals surface area contributed by atoms with Gasteiger partial charge in [-0.15, -0.1) is 0 Å². The first-order chi connectivity index (χ1) is 11.8. The predicted octanol–water partition coefficient (Wildman–Crippen LogP) is 1.41. The van der Waals surface area contributed by atoms with Crippen LogP contribution in [0.5, 0.6) is 5.75 Å². The maximum atomic E-state index is 12.3. The summed E-state index contributed by atoms with van der Waals surface area (Å²) in [6.45, 7) is 1.70. The van der Waals surface area contributed by atoms with Gasteiger partial charge in [0.15, 0.2) is 0 Å². The van der Waals surface area contributed by atoms with Crippen molar-refractivity contribution in [3.8, 4) is 5.75 Å². The first-order valence-electron chi connectivity index (χ1n) is 8.10. The summed E-state index contributed by atoms with van der Waals surface area (Å²) in [4.78, 5) is 29.0. The van der Waals surface area contributed by atoms with E-state index in [9.17, 15) is 18.4 Å². The molecule has 1 aromatic carbocycles. The SMILES string of the molecule is CC(=O)N1CCN(C(=O)CN(C)Cc2ccc(OC(F)F)cc2)CC1. The molecule has 0 atom stereocenters. The second kappa shape index (κ2) is 8.75. The summed E-state index contributed by atoms with van der Waals surface area (Å²) < 4.78 is 28.6. The molecule has 0 spiro atoms. The van der Waals surface area contributed by atoms with E-state index in [1.807, 2.05) is 11.9 Å². The summed E-state index contributed by atoms with van der Waals surface area (Å²) in [5, 5.41) is 0. The largest absolute Gasteiger partial charge is 0.435 e. The van der Waals surface area contributed by atoms with Gasteiger partial charge in [-0.25, -0.2) is 0 Å². The van der Waals surface area contributed by atoms with Gasteiger partial charge in [0, 0.05) is 39.6 Å². The van der Waals surface area contributed by atoms with Crippen molar-refractivity contribution >= 4 is 11.8 Å². The molecule has 1 saturated heterocycles. The Hall–Kier alpha value is -2.22. The molecule has 1 aliphatic heterocycles. The highest BCUT2D eigenvalue weighted by Gasteiger charge is 2.22. The van der Waals surface area contributed by atoms with Crippen molar-refractivity contribution in [3.63, 3.8) is 0 Å². The Morgan fingerprint density at radius 2 is 1.68 bits per heavy atom. The van der Waals surface area contributed by atoms with Crippen LogP contribution in [-0.4, -0.2) is 72.9 Å². The van der Waals surface area contributed by atoms with Gasteiger partial charge in [-0.2, -0.15) is 8.78 Å². The van der Waals surface area contributed by atoms with Gasteiger partial charge in [0.05, 0.1) is 6.54 Å². The monoisotopic (exact) mass is 355 g/mol. The summed E-state index contributed by atoms with van der Waals surface area (Å²) in [6.07, 6.45) is 0. The molecule has 0 radical (unpaired) electrons. The molecule has 25 heavy (non-hydrogen) atoms. The minimum Gasteiger partial charge on any atom is -0.435 e. The number of alkyl halides is 2. The molecule has 1 aromatic rings. The Kier molecular flexibility index (Phi) is 6.69. The van der Waals surface area contributed by atoms with Crippen LogP contribution in [0, 0.1) is 0 Å². The Labute approximate surface area is 145 Å². The zero-order chi connectivity index (χ0) is 18.4. The molecule has 6 nitrogen and oxygen atoms in total. The number of likely N-dealkylation sites (N-methyl/N-ethyl adjacent to an activating group) is 1. The fourth-order valence-corrected chi connectivity index (χ4v) is 2.75. The molecule has 1 fully saturated rings. The van der Waals surface area contributed by atoms with E-state index < -0.39 is 6.61 Å². The van der Waals surface area contributed by atoms with Gasteiger partial charge in [-0.3, -0.25) is 14.5 Å². The summed E-state index contributed by atoms with van der Waals surface area (Å²) in [5.41, 5.74) is 0.901. The molecule has 138 valence electrons. The van der Waals surface area contributed by atoms with Crippen molar-refractivity contribution in [2.45, 2.75) is 20.1 Å². The molecule has 0 N–H and O–H groups in total. The maximum Gasteiger partial charge on any atom is 0.387 e. The third-order valence-corrected chi connectivity index (χ3v) is 4.08. The van der Waals surface area contributed by atoms with E-state index in [1.54, 1.807) is 21.9 Å². The number of nitrogens with zero attached hydrogens (tertiary/aromatic N) is 3. The molecule has 0 unspecified atom stereocenters. The lowest BCUT2D eigenvalue weighted by Crippen LogP contribution is -2.51. The summed E-state index contributed by atoms with van der Waals surface area (Å²) >= 11 is 0. The van der Waals surface area contributed by atoms with Crippen LogP contribution >= 0.6 is 0 Å². The van der Waals surface area contributed by atoms with Crippen LogP contribution in [-0.2, 0) is 16.1 Å². The highest BCUT2D eigenvalue weighted by molar-refractivity contribution is 5.79. The van der Waals surface area contributed by atoms with E-state index >= 15 is 0 Å². The summed E-state index contributed by atoms with van der Waals surface area (Å²) in [7, 11) is 1.83. The Bertz CT molecular complexity index is 587. The van der Waals surface area contributed by atoms with E-state index in [-0.39, 0.29) is 24.1 Å². The number of amides is 2. The lowest BCUT2D eigenvalue weighted by Gasteiger charge is -2.35. The molecule has 8 heteroatoms. The smallest absolute Gasteiger partial charge is 0.387 e. The number of halogens is 2. The van der Waals surface area contributed by atoms with Crippen molar-refractivity contribution in [1.82, 2.24) is 14.7 Å². The van der Waals surface area contributed by atoms with Crippen LogP contribution in [0.1, 0.15) is 12.5 Å². The molecule has 0 aliphatic carbocycles. The molecule has 1 aliphatic rings. The van der Waals surface area contributed by atoms with E-state index in [4.69, 9.17) is 0 Å². The van der Waals surface area contributed by atoms with Crippen LogP contribution < -0.4 is 4.74 Å². The zero-order valence-corrected chi connectivity index (χ0v) is 14.5. The topological polar surface area (TPSA) is 53.1 Å². The molecular formula is C17H23F2N3O3. The highest BCUT2D eigenvalue weighted by Crippen LogP contribution is 2.15. The minimum absolute atomic E-state index is 0.0170. The van der Waals surface area contributed by atoms with Crippen LogP contribution in [0.2, 0.25) is 0 Å². The van der Waals surface area contributed by atoms with Crippen LogP contribution in [0.15, 0.2) is 24.3 Å². The second-order valence-electron chi connectivity index (χ2n) is 6.08. The average molecular weight is 355 g/mol. The number of piperazine rings is 1. The first kappa shape index (κ1) is 19.1. The van der Waals surface area contributed by atoms with Crippen molar-refractivity contribution < 1.29 is 23.1 Å². The lowest BCUT2D eigenvalue weighted by molar-refractivity contribution is -0.139. The number of rotatable bonds is 6. The van der Waals surface area contributed by atoms with Crippen LogP contribution in [0.3, 0.4) is 0 Å². The highest BCUT2D eigenvalue weighted by atomic mass is 19.3. The molecule has 0 bridgehead atoms. The standard InChI is InChI=1S/C17H23F2N3O3/c1-13(23)21-7-9-22(10-8-21)16(24)12-20(2)11-14-3-5-15(6-4-14)25-17(18)19/h3-6,17H,7-12H2,1-2H3. The van der Waals surface area contributed by atoms with Gasteiger partial charge in [0.25, 0.3) is 0 Å². The van der Waals surface area contributed by atoms with E-state index in [0.717, 1.165) is 5.56 Å². The molecular weight excluding hydrogens is 332 g/mol. The maximum absolute atomic E-state index is 12.3. The molecule has 1 heterocycles. The summed E-state index contributed by atoms with van der Waals surface area (Å²) in [5.74, 6) is 0.160. The Balaban J connectivity index is 1.78. The number of hydrogen-bond acceptors (Lipinski definition) is 4. The third-order valence-electron chi connectivity index (χ3n) is 4.08. The summed E-state index contributed by atoms with van der Waals surface area (Å²) in [6, 6.07) is 6.37. The van der Waals surface area contributed by atoms with Gasteiger partial charge in [-0.1, -0.05) is 12.1 Å². The van der Waals surface area contributed by atoms with Crippen molar-refractivity contribution in [3.05, 3.63) is 29.8 Å². The molecule has 0 saturated carbocycles. The van der Waals surface area contributed by atoms with Crippen molar-refractivity contribution in [1.29, 1.82) is 0 Å². The fraction of sp³-hybridized carbons (Fsp3) is 0.529. The van der Waals surface area contributed by atoms with Gasteiger partial charge in [-0.05, 0) is 24.7 Å². The van der Waals surface area contributed by atoms with Gasteiger partial charge in [0.2, 0.25) is 11.8 Å². The lowest BCUT2D eigenvalue weighted by atomic mass is 10.2. The van der Waals surface area contributed by atoms with E-state index in [1.165, 1.54) is 19.1 Å². The number of ether oxygens (including phenoxy) is 1. The van der Waals surface area contributed by atoms with Gasteiger partial charge in [0.1, 0.15) is 5.75 Å². The normalized spacial score (nSPS) is 15.0. The number of carbonyl (C=O) groups excluding carboxylic acids is 2. The van der Waals surface area contributed by atoms with Crippen LogP contribution in [0.25, 0.3) is 0 Å². The van der Waals surface area contributed by atoms with Gasteiger partial charge >= 0.3 is 6.61 Å². The number of carbonyl (C=O) groups is 2. The third kappa shape index (κ3) is 5.97. The Morgan fingerprint density at radius 3 is 2.20 bits per heavy atom. The predicted molar refractivity (Wildman–Crippen MR) is 88.2 cm³/mol. The fourth-order valence-electron chi connectivity index (χ4n) is 2.75. The average Bonchev–Trinajstić information content (AvgIpc) is 2.56. The van der Waals surface area contributed by atoms with Crippen LogP contribution in [0.4, 0.5) is 8.78 Å². The van der Waals surface area contributed by atoms with E-state index in [2.05, 4.69) is 4.74 Å². The quantitative estimate of drug-likeness (QED) is 0.774. The van der Waals surface area contributed by atoms with Gasteiger partial charge < -0.3 is 14.5 Å². The molecule has 2 rings (SSSR count). The van der Waals surface area contributed by atoms with Crippen molar-refractivity contribution in [2.24, 2.45) is 0 Å². The number of benzene rings is 1. The molecule has 0 aromatic heterocycles. The molecule has 2 amide bonds. The Morgan fingerprint density at radius 1 is 1.12 bits per heavy atom. The first-order valence-corrected chi connectivity index (χ1v) is 8.10. The minimum atomic E-state index is -2.84. The van der Waals surface area contributed by atoms with Crippen molar-refractivity contribution in [2.75, 3.05) is 39.8 Å². The second-order valence-corrected chi connectivity index (χ2v) is 6.08. The number of hydrogen-bond donors (Lipinski definition) is 0. The van der Waals surface area contributed by atoms with E-state index in [0.29, 0.717) is 32.7 Å². The zero-order valence-electron chi connectivity index (χ0n) is 14.5.